The number of benzene rings is 2. The van der Waals surface area contributed by atoms with Gasteiger partial charge < -0.3 is 18.3 Å². The van der Waals surface area contributed by atoms with E-state index in [1.807, 2.05) is 31.2 Å². The van der Waals surface area contributed by atoms with Crippen molar-refractivity contribution in [3.8, 4) is 16.9 Å². The maximum absolute atomic E-state index is 13.5. The first-order valence-electron chi connectivity index (χ1n) is 10.5. The maximum atomic E-state index is 13.5. The Morgan fingerprint density at radius 2 is 1.76 bits per heavy atom. The highest BCUT2D eigenvalue weighted by Gasteiger charge is 2.22. The van der Waals surface area contributed by atoms with Gasteiger partial charge in [0.2, 0.25) is 11.2 Å². The number of aryl methyl sites for hydroxylation is 3. The second kappa shape index (κ2) is 9.16. The van der Waals surface area contributed by atoms with Crippen molar-refractivity contribution in [1.82, 2.24) is 0 Å². The highest BCUT2D eigenvalue weighted by molar-refractivity contribution is 6.30. The van der Waals surface area contributed by atoms with Crippen LogP contribution in [-0.4, -0.2) is 13.1 Å². The number of furan rings is 1. The van der Waals surface area contributed by atoms with Crippen LogP contribution in [0.3, 0.4) is 0 Å². The van der Waals surface area contributed by atoms with E-state index in [9.17, 15) is 9.59 Å². The number of carbonyl (C=O) groups excluding carboxylic acids is 1. The molecule has 0 saturated heterocycles. The molecule has 0 radical (unpaired) electrons. The Morgan fingerprint density at radius 3 is 2.42 bits per heavy atom. The third-order valence-corrected chi connectivity index (χ3v) is 5.76. The molecule has 0 bridgehead atoms. The van der Waals surface area contributed by atoms with Crippen LogP contribution >= 0.6 is 11.6 Å². The van der Waals surface area contributed by atoms with Gasteiger partial charge in [0.05, 0.1) is 18.1 Å². The number of esters is 1. The van der Waals surface area contributed by atoms with Gasteiger partial charge in [-0.1, -0.05) is 30.7 Å². The van der Waals surface area contributed by atoms with E-state index in [0.717, 1.165) is 11.1 Å². The van der Waals surface area contributed by atoms with Crippen molar-refractivity contribution >= 4 is 28.5 Å². The third-order valence-electron chi connectivity index (χ3n) is 5.51. The van der Waals surface area contributed by atoms with Gasteiger partial charge in [-0.05, 0) is 55.7 Å². The van der Waals surface area contributed by atoms with Crippen molar-refractivity contribution in [3.05, 3.63) is 86.1 Å². The van der Waals surface area contributed by atoms with Crippen molar-refractivity contribution in [2.45, 2.75) is 33.8 Å². The molecule has 0 unspecified atom stereocenters. The number of hydrogen-bond acceptors (Lipinski definition) is 6. The predicted octanol–water partition coefficient (Wildman–Crippen LogP) is 6.25. The lowest BCUT2D eigenvalue weighted by molar-refractivity contribution is 0.0563. The third kappa shape index (κ3) is 4.39. The van der Waals surface area contributed by atoms with Gasteiger partial charge >= 0.3 is 5.97 Å². The predicted molar refractivity (Wildman–Crippen MR) is 126 cm³/mol. The molecule has 2 heterocycles. The van der Waals surface area contributed by atoms with E-state index in [0.29, 0.717) is 57.4 Å². The van der Waals surface area contributed by atoms with E-state index >= 15 is 0 Å². The van der Waals surface area contributed by atoms with E-state index in [4.69, 9.17) is 29.9 Å². The maximum Gasteiger partial charge on any atom is 0.373 e. The molecule has 4 aromatic rings. The SMILES string of the molecule is CCc1cc2c(=O)c(-c3cc(C(=O)OC)oc3C)c(C)oc2cc1OCc1ccc(Cl)cc1. The fraction of sp³-hybridized carbons (Fsp3) is 0.231. The van der Waals surface area contributed by atoms with Crippen LogP contribution in [0.5, 0.6) is 5.75 Å². The molecule has 0 spiro atoms. The quantitative estimate of drug-likeness (QED) is 0.312. The number of hydrogen-bond donors (Lipinski definition) is 0. The molecule has 33 heavy (non-hydrogen) atoms. The fourth-order valence-electron chi connectivity index (χ4n) is 3.77. The average Bonchev–Trinajstić information content (AvgIpc) is 3.18. The Kier molecular flexibility index (Phi) is 6.29. The number of methoxy groups -OCH3 is 1. The molecule has 0 atom stereocenters. The highest BCUT2D eigenvalue weighted by atomic mass is 35.5. The summed E-state index contributed by atoms with van der Waals surface area (Å²) in [5.74, 6) is 0.930. The molecule has 0 saturated carbocycles. The Morgan fingerprint density at radius 1 is 1.03 bits per heavy atom. The molecule has 0 N–H and O–H groups in total. The average molecular weight is 467 g/mol. The molecular formula is C26H23ClO6. The fourth-order valence-corrected chi connectivity index (χ4v) is 3.90. The minimum atomic E-state index is -0.608. The zero-order valence-corrected chi connectivity index (χ0v) is 19.5. The first kappa shape index (κ1) is 22.7. The van der Waals surface area contributed by atoms with Crippen LogP contribution in [0.25, 0.3) is 22.1 Å². The molecule has 0 aliphatic rings. The second-order valence-corrected chi connectivity index (χ2v) is 8.10. The van der Waals surface area contributed by atoms with Crippen LogP contribution in [0.1, 0.15) is 40.1 Å². The zero-order chi connectivity index (χ0) is 23.7. The normalized spacial score (nSPS) is 11.1. The Hall–Kier alpha value is -3.51. The van der Waals surface area contributed by atoms with Crippen molar-refractivity contribution < 1.29 is 23.1 Å². The number of ether oxygens (including phenoxy) is 2. The standard InChI is InChI=1S/C26H23ClO6/c1-5-17-10-20-22(12-21(17)31-13-16-6-8-18(27)9-7-16)33-15(3)24(25(20)28)19-11-23(26(29)30-4)32-14(19)2/h6-12H,5,13H2,1-4H3. The van der Waals surface area contributed by atoms with Crippen molar-refractivity contribution in [1.29, 1.82) is 0 Å². The summed E-state index contributed by atoms with van der Waals surface area (Å²) in [6.07, 6.45) is 0.672. The number of halogens is 1. The molecule has 0 amide bonds. The largest absolute Gasteiger partial charge is 0.488 e. The molecule has 170 valence electrons. The Balaban J connectivity index is 1.77. The first-order chi connectivity index (χ1) is 15.8. The Labute approximate surface area is 195 Å². The van der Waals surface area contributed by atoms with Gasteiger partial charge in [0.25, 0.3) is 0 Å². The molecule has 7 heteroatoms. The summed E-state index contributed by atoms with van der Waals surface area (Å²) in [6, 6.07) is 12.5. The molecule has 6 nitrogen and oxygen atoms in total. The van der Waals surface area contributed by atoms with E-state index in [2.05, 4.69) is 0 Å². The summed E-state index contributed by atoms with van der Waals surface area (Å²) in [7, 11) is 1.27. The summed E-state index contributed by atoms with van der Waals surface area (Å²) in [6.45, 7) is 5.76. The molecule has 2 aromatic carbocycles. The molecule has 4 rings (SSSR count). The zero-order valence-electron chi connectivity index (χ0n) is 18.8. The highest BCUT2D eigenvalue weighted by Crippen LogP contribution is 2.32. The van der Waals surface area contributed by atoms with Gasteiger partial charge in [0.15, 0.2) is 0 Å². The van der Waals surface area contributed by atoms with Gasteiger partial charge in [-0.3, -0.25) is 4.79 Å². The number of fused-ring (bicyclic) bond motifs is 1. The topological polar surface area (TPSA) is 78.9 Å². The molecule has 0 fully saturated rings. The molecule has 0 aliphatic heterocycles. The minimum absolute atomic E-state index is 0.0316. The van der Waals surface area contributed by atoms with Crippen molar-refractivity contribution in [2.24, 2.45) is 0 Å². The lowest BCUT2D eigenvalue weighted by atomic mass is 10.0. The van der Waals surface area contributed by atoms with Crippen molar-refractivity contribution in [2.75, 3.05) is 7.11 Å². The van der Waals surface area contributed by atoms with Crippen LogP contribution in [0, 0.1) is 13.8 Å². The molecule has 2 aromatic heterocycles. The smallest absolute Gasteiger partial charge is 0.373 e. The minimum Gasteiger partial charge on any atom is -0.488 e. The monoisotopic (exact) mass is 466 g/mol. The summed E-state index contributed by atoms with van der Waals surface area (Å²) < 4.78 is 22.3. The van der Waals surface area contributed by atoms with Crippen LogP contribution in [-0.2, 0) is 17.8 Å². The summed E-state index contributed by atoms with van der Waals surface area (Å²) in [5, 5.41) is 1.10. The summed E-state index contributed by atoms with van der Waals surface area (Å²) in [4.78, 5) is 25.3. The van der Waals surface area contributed by atoms with E-state index in [-0.39, 0.29) is 11.2 Å². The van der Waals surface area contributed by atoms with E-state index < -0.39 is 5.97 Å². The lowest BCUT2D eigenvalue weighted by Crippen LogP contribution is -2.09. The Bertz CT molecular complexity index is 1400. The molecule has 0 aliphatic carbocycles. The summed E-state index contributed by atoms with van der Waals surface area (Å²) >= 11 is 5.95. The van der Waals surface area contributed by atoms with Gasteiger partial charge in [-0.2, -0.15) is 0 Å². The first-order valence-corrected chi connectivity index (χ1v) is 10.9. The van der Waals surface area contributed by atoms with E-state index in [1.165, 1.54) is 13.2 Å². The van der Waals surface area contributed by atoms with Gasteiger partial charge in [0.1, 0.15) is 29.5 Å². The number of rotatable bonds is 6. The summed E-state index contributed by atoms with van der Waals surface area (Å²) in [5.41, 5.74) is 2.96. The molecular weight excluding hydrogens is 444 g/mol. The second-order valence-electron chi connectivity index (χ2n) is 7.66. The van der Waals surface area contributed by atoms with Gasteiger partial charge in [-0.15, -0.1) is 0 Å². The number of carbonyl (C=O) groups is 1. The lowest BCUT2D eigenvalue weighted by Gasteiger charge is -2.13. The van der Waals surface area contributed by atoms with Crippen LogP contribution in [0.15, 0.2) is 56.1 Å². The van der Waals surface area contributed by atoms with E-state index in [1.54, 1.807) is 26.0 Å². The van der Waals surface area contributed by atoms with Crippen LogP contribution in [0.4, 0.5) is 0 Å². The van der Waals surface area contributed by atoms with Gasteiger partial charge in [-0.25, -0.2) is 4.79 Å². The van der Waals surface area contributed by atoms with Crippen molar-refractivity contribution in [3.63, 3.8) is 0 Å². The van der Waals surface area contributed by atoms with Crippen LogP contribution in [0.2, 0.25) is 5.02 Å². The van der Waals surface area contributed by atoms with Crippen LogP contribution < -0.4 is 10.2 Å². The van der Waals surface area contributed by atoms with Gasteiger partial charge in [0, 0.05) is 16.7 Å².